The molecule has 0 saturated carbocycles. The lowest BCUT2D eigenvalue weighted by Gasteiger charge is -2.20. The number of carbonyl (C=O) groups is 1. The van der Waals surface area contributed by atoms with Gasteiger partial charge in [0.1, 0.15) is 11.5 Å². The molecule has 2 heterocycles. The number of likely N-dealkylation sites (N-methyl/N-ethyl adjacent to an activating group) is 1. The number of aliphatic hydroxyl groups is 1. The Balaban J connectivity index is 2.03. The lowest BCUT2D eigenvalue weighted by atomic mass is 10.2. The molecule has 1 aromatic rings. The molecule has 2 rings (SSSR count). The summed E-state index contributed by atoms with van der Waals surface area (Å²) in [5.74, 6) is 5.34. The Morgan fingerprint density at radius 2 is 2.53 bits per heavy atom. The fourth-order valence-corrected chi connectivity index (χ4v) is 2.90. The molecule has 1 saturated heterocycles. The molecule has 1 amide bonds. The van der Waals surface area contributed by atoms with Crippen LogP contribution in [0.15, 0.2) is 11.4 Å². The number of aliphatic hydroxyl groups excluding tert-OH is 1. The quantitative estimate of drug-likeness (QED) is 0.850. The van der Waals surface area contributed by atoms with Gasteiger partial charge >= 0.3 is 0 Å². The predicted molar refractivity (Wildman–Crippen MR) is 74.2 cm³/mol. The van der Waals surface area contributed by atoms with Crippen molar-refractivity contribution in [1.29, 1.82) is 0 Å². The van der Waals surface area contributed by atoms with Crippen LogP contribution < -0.4 is 0 Å². The zero-order valence-electron chi connectivity index (χ0n) is 10.9. The van der Waals surface area contributed by atoms with Crippen LogP contribution in [0.5, 0.6) is 0 Å². The van der Waals surface area contributed by atoms with Crippen molar-refractivity contribution in [3.63, 3.8) is 0 Å². The first kappa shape index (κ1) is 14.1. The second kappa shape index (κ2) is 6.71. The van der Waals surface area contributed by atoms with E-state index in [-0.39, 0.29) is 18.6 Å². The first-order valence-electron chi connectivity index (χ1n) is 6.26. The molecule has 0 aliphatic carbocycles. The highest BCUT2D eigenvalue weighted by atomic mass is 32.1. The van der Waals surface area contributed by atoms with Gasteiger partial charge in [-0.1, -0.05) is 11.8 Å². The van der Waals surface area contributed by atoms with Gasteiger partial charge in [0.05, 0.1) is 6.10 Å². The van der Waals surface area contributed by atoms with Crippen LogP contribution in [-0.4, -0.2) is 48.8 Å². The van der Waals surface area contributed by atoms with Gasteiger partial charge in [-0.25, -0.2) is 0 Å². The molecule has 19 heavy (non-hydrogen) atoms. The van der Waals surface area contributed by atoms with E-state index in [1.165, 1.54) is 11.3 Å². The molecule has 1 N–H and O–H groups in total. The van der Waals surface area contributed by atoms with Crippen LogP contribution in [-0.2, 0) is 4.74 Å². The topological polar surface area (TPSA) is 49.8 Å². The van der Waals surface area contributed by atoms with Crippen molar-refractivity contribution in [1.82, 2.24) is 4.90 Å². The average molecular weight is 279 g/mol. The largest absolute Gasteiger partial charge is 0.384 e. The van der Waals surface area contributed by atoms with Crippen LogP contribution >= 0.6 is 11.3 Å². The zero-order valence-corrected chi connectivity index (χ0v) is 11.7. The van der Waals surface area contributed by atoms with Crippen LogP contribution in [0, 0.1) is 11.8 Å². The minimum Gasteiger partial charge on any atom is -0.384 e. The molecule has 1 fully saturated rings. The van der Waals surface area contributed by atoms with Gasteiger partial charge < -0.3 is 14.7 Å². The Hall–Kier alpha value is -1.35. The van der Waals surface area contributed by atoms with Crippen molar-refractivity contribution in [2.75, 3.05) is 26.8 Å². The normalized spacial score (nSPS) is 17.9. The summed E-state index contributed by atoms with van der Waals surface area (Å²) in [7, 11) is 1.78. The summed E-state index contributed by atoms with van der Waals surface area (Å²) in [4.78, 5) is 14.6. The summed E-state index contributed by atoms with van der Waals surface area (Å²) < 4.78 is 5.53. The van der Waals surface area contributed by atoms with E-state index in [1.54, 1.807) is 18.0 Å². The highest BCUT2D eigenvalue weighted by molar-refractivity contribution is 7.12. The molecule has 0 aromatic carbocycles. The first-order valence-corrected chi connectivity index (χ1v) is 7.14. The van der Waals surface area contributed by atoms with Gasteiger partial charge in [0.25, 0.3) is 5.91 Å². The number of rotatable bonds is 3. The summed E-state index contributed by atoms with van der Waals surface area (Å²) in [5, 5.41) is 10.6. The molecule has 1 atom stereocenters. The SMILES string of the molecule is CN(CC1CCCO1)C(=O)c1sccc1C#CCO. The van der Waals surface area contributed by atoms with Crippen molar-refractivity contribution in [2.24, 2.45) is 0 Å². The van der Waals surface area contributed by atoms with Crippen LogP contribution in [0.4, 0.5) is 0 Å². The fourth-order valence-electron chi connectivity index (χ4n) is 2.06. The van der Waals surface area contributed by atoms with E-state index in [2.05, 4.69) is 11.8 Å². The minimum atomic E-state index is -0.199. The van der Waals surface area contributed by atoms with E-state index in [0.717, 1.165) is 19.4 Å². The average Bonchev–Trinajstić information content (AvgIpc) is 3.06. The van der Waals surface area contributed by atoms with Gasteiger partial charge in [-0.05, 0) is 24.3 Å². The van der Waals surface area contributed by atoms with Gasteiger partial charge in [-0.2, -0.15) is 0 Å². The second-order valence-electron chi connectivity index (χ2n) is 4.44. The van der Waals surface area contributed by atoms with Crippen LogP contribution in [0.3, 0.4) is 0 Å². The van der Waals surface area contributed by atoms with E-state index >= 15 is 0 Å². The number of nitrogens with zero attached hydrogens (tertiary/aromatic N) is 1. The molecular weight excluding hydrogens is 262 g/mol. The molecule has 1 aliphatic heterocycles. The fraction of sp³-hybridized carbons (Fsp3) is 0.500. The number of amides is 1. The van der Waals surface area contributed by atoms with Gasteiger partial charge in [0, 0.05) is 25.8 Å². The predicted octanol–water partition coefficient (Wildman–Crippen LogP) is 1.34. The molecule has 1 aromatic heterocycles. The summed E-state index contributed by atoms with van der Waals surface area (Å²) in [5.41, 5.74) is 0.684. The molecule has 5 heteroatoms. The molecular formula is C14H17NO3S. The maximum Gasteiger partial charge on any atom is 0.265 e. The van der Waals surface area contributed by atoms with Crippen molar-refractivity contribution in [3.8, 4) is 11.8 Å². The third-order valence-electron chi connectivity index (χ3n) is 3.01. The van der Waals surface area contributed by atoms with E-state index in [4.69, 9.17) is 9.84 Å². The van der Waals surface area contributed by atoms with E-state index in [9.17, 15) is 4.79 Å². The Morgan fingerprint density at radius 1 is 1.68 bits per heavy atom. The smallest absolute Gasteiger partial charge is 0.265 e. The first-order chi connectivity index (χ1) is 9.22. The van der Waals surface area contributed by atoms with E-state index in [0.29, 0.717) is 17.0 Å². The maximum absolute atomic E-state index is 12.3. The summed E-state index contributed by atoms with van der Waals surface area (Å²) in [6.45, 7) is 1.21. The lowest BCUT2D eigenvalue weighted by Crippen LogP contribution is -2.33. The van der Waals surface area contributed by atoms with Gasteiger partial charge in [-0.3, -0.25) is 4.79 Å². The number of thiophene rings is 1. The van der Waals surface area contributed by atoms with Crippen molar-refractivity contribution >= 4 is 17.2 Å². The van der Waals surface area contributed by atoms with Gasteiger partial charge in [0.15, 0.2) is 0 Å². The Morgan fingerprint density at radius 3 is 3.21 bits per heavy atom. The van der Waals surface area contributed by atoms with Gasteiger partial charge in [-0.15, -0.1) is 11.3 Å². The second-order valence-corrected chi connectivity index (χ2v) is 5.36. The monoisotopic (exact) mass is 279 g/mol. The molecule has 0 radical (unpaired) electrons. The highest BCUT2D eigenvalue weighted by Gasteiger charge is 2.22. The zero-order chi connectivity index (χ0) is 13.7. The van der Waals surface area contributed by atoms with Crippen LogP contribution in [0.25, 0.3) is 0 Å². The lowest BCUT2D eigenvalue weighted by molar-refractivity contribution is 0.0590. The molecule has 0 bridgehead atoms. The van der Waals surface area contributed by atoms with Crippen LogP contribution in [0.2, 0.25) is 0 Å². The number of hydrogen-bond acceptors (Lipinski definition) is 4. The molecule has 1 unspecified atom stereocenters. The Bertz CT molecular complexity index is 494. The van der Waals surface area contributed by atoms with Gasteiger partial charge in [0.2, 0.25) is 0 Å². The standard InChI is InChI=1S/C14H17NO3S/c1-15(10-12-5-3-8-18-12)14(17)13-11(4-2-7-16)6-9-19-13/h6,9,12,16H,3,5,7-8,10H2,1H3. The van der Waals surface area contributed by atoms with Crippen molar-refractivity contribution < 1.29 is 14.6 Å². The summed E-state index contributed by atoms with van der Waals surface area (Å²) in [6.07, 6.45) is 2.24. The molecule has 4 nitrogen and oxygen atoms in total. The van der Waals surface area contributed by atoms with E-state index in [1.807, 2.05) is 5.38 Å². The third kappa shape index (κ3) is 3.57. The molecule has 1 aliphatic rings. The summed E-state index contributed by atoms with van der Waals surface area (Å²) >= 11 is 1.38. The Kier molecular flexibility index (Phi) is 4.97. The summed E-state index contributed by atoms with van der Waals surface area (Å²) in [6, 6.07) is 1.81. The maximum atomic E-state index is 12.3. The number of ether oxygens (including phenoxy) is 1. The van der Waals surface area contributed by atoms with Crippen LogP contribution in [0.1, 0.15) is 28.1 Å². The minimum absolute atomic E-state index is 0.0345. The molecule has 102 valence electrons. The Labute approximate surface area is 117 Å². The van der Waals surface area contributed by atoms with E-state index < -0.39 is 0 Å². The van der Waals surface area contributed by atoms with Crippen molar-refractivity contribution in [2.45, 2.75) is 18.9 Å². The third-order valence-corrected chi connectivity index (χ3v) is 3.91. The molecule has 0 spiro atoms. The van der Waals surface area contributed by atoms with Crippen molar-refractivity contribution in [3.05, 3.63) is 21.9 Å². The number of hydrogen-bond donors (Lipinski definition) is 1. The highest BCUT2D eigenvalue weighted by Crippen LogP contribution is 2.19. The number of carbonyl (C=O) groups excluding carboxylic acids is 1.